The molecular formula is C27H32N2O2U. The van der Waals surface area contributed by atoms with Gasteiger partial charge in [-0.1, -0.05) is 64.1 Å². The van der Waals surface area contributed by atoms with Crippen molar-refractivity contribution in [1.82, 2.24) is 5.43 Å². The average Bonchev–Trinajstić information content (AvgIpc) is 3.07. The number of carbonyl (C=O) groups excluding carboxylic acids is 2. The van der Waals surface area contributed by atoms with Gasteiger partial charge >= 0.3 is 31.1 Å². The monoisotopic (exact) mass is 654 g/mol. The molecule has 1 aliphatic rings. The van der Waals surface area contributed by atoms with Crippen LogP contribution in [0.3, 0.4) is 0 Å². The van der Waals surface area contributed by atoms with Crippen molar-refractivity contribution in [3.8, 4) is 0 Å². The summed E-state index contributed by atoms with van der Waals surface area (Å²) in [6.45, 7) is 13.4. The van der Waals surface area contributed by atoms with Crippen molar-refractivity contribution in [2.45, 2.75) is 41.0 Å². The summed E-state index contributed by atoms with van der Waals surface area (Å²) >= 11 is 0. The van der Waals surface area contributed by atoms with E-state index in [9.17, 15) is 9.59 Å². The fraction of sp³-hybridized carbons (Fsp3) is 0.222. The van der Waals surface area contributed by atoms with Gasteiger partial charge in [0, 0.05) is 0 Å². The Morgan fingerprint density at radius 1 is 1.09 bits per heavy atom. The molecule has 0 unspecified atom stereocenters. The predicted octanol–water partition coefficient (Wildman–Crippen LogP) is 6.10. The number of amides is 2. The molecule has 0 saturated carbocycles. The maximum atomic E-state index is 12.7. The van der Waals surface area contributed by atoms with Gasteiger partial charge in [-0.2, -0.15) is 6.42 Å². The zero-order chi connectivity index (χ0) is 23.2. The van der Waals surface area contributed by atoms with E-state index < -0.39 is 5.91 Å². The normalized spacial score (nSPS) is 13.9. The molecule has 1 fully saturated rings. The van der Waals surface area contributed by atoms with Gasteiger partial charge in [-0.3, -0.25) is 15.0 Å². The van der Waals surface area contributed by atoms with Crippen molar-refractivity contribution in [2.75, 3.05) is 5.01 Å². The number of hydrogen-bond acceptors (Lipinski definition) is 2. The number of carbonyl (C=O) groups is 2. The van der Waals surface area contributed by atoms with Gasteiger partial charge in [-0.15, -0.1) is 47.0 Å². The molecule has 0 atom stereocenters. The molecule has 2 aromatic rings. The Morgan fingerprint density at radius 2 is 1.72 bits per heavy atom. The van der Waals surface area contributed by atoms with E-state index in [1.54, 1.807) is 24.3 Å². The molecule has 0 radical (unpaired) electrons. The summed E-state index contributed by atoms with van der Waals surface area (Å²) in [5, 5.41) is 1.27. The molecule has 3 rings (SSSR count). The van der Waals surface area contributed by atoms with Crippen LogP contribution in [0.2, 0.25) is 0 Å². The van der Waals surface area contributed by atoms with Crippen LogP contribution in [0.1, 0.15) is 50.8 Å². The van der Waals surface area contributed by atoms with Crippen molar-refractivity contribution in [1.29, 1.82) is 0 Å². The van der Waals surface area contributed by atoms with Gasteiger partial charge in [0.2, 0.25) is 0 Å². The molecule has 0 spiro atoms. The second-order valence-corrected chi connectivity index (χ2v) is 6.33. The molecule has 1 saturated heterocycles. The number of para-hydroxylation sites is 1. The van der Waals surface area contributed by atoms with Gasteiger partial charge in [0.1, 0.15) is 5.57 Å². The number of benzene rings is 2. The molecule has 0 aromatic heterocycles. The summed E-state index contributed by atoms with van der Waals surface area (Å²) in [5.41, 5.74) is 6.05. The fourth-order valence-corrected chi connectivity index (χ4v) is 2.67. The van der Waals surface area contributed by atoms with Crippen molar-refractivity contribution in [2.24, 2.45) is 0 Å². The van der Waals surface area contributed by atoms with Gasteiger partial charge in [0.25, 0.3) is 11.8 Å². The Morgan fingerprint density at radius 3 is 2.31 bits per heavy atom. The Bertz CT molecular complexity index is 947. The Hall–Kier alpha value is -2.35. The number of allylic oxidation sites excluding steroid dienone is 3. The minimum atomic E-state index is -0.405. The van der Waals surface area contributed by atoms with E-state index in [4.69, 9.17) is 0 Å². The van der Waals surface area contributed by atoms with Crippen LogP contribution in [0.4, 0.5) is 5.69 Å². The second-order valence-electron chi connectivity index (χ2n) is 6.33. The van der Waals surface area contributed by atoms with E-state index in [-0.39, 0.29) is 42.6 Å². The summed E-state index contributed by atoms with van der Waals surface area (Å²) in [5.74, 6) is -0.767. The van der Waals surface area contributed by atoms with Crippen LogP contribution in [0.25, 0.3) is 12.2 Å². The first-order valence-corrected chi connectivity index (χ1v) is 10.6. The van der Waals surface area contributed by atoms with Crippen LogP contribution in [0.15, 0.2) is 66.3 Å². The first-order chi connectivity index (χ1) is 15.0. The van der Waals surface area contributed by atoms with Crippen molar-refractivity contribution < 1.29 is 40.7 Å². The molecule has 1 aliphatic heterocycles. The number of rotatable bonds is 4. The molecule has 2 aromatic carbocycles. The third kappa shape index (κ3) is 8.30. The maximum absolute atomic E-state index is 12.7. The zero-order valence-corrected chi connectivity index (χ0v) is 23.8. The minimum absolute atomic E-state index is 0. The molecule has 166 valence electrons. The van der Waals surface area contributed by atoms with Crippen LogP contribution < -0.4 is 10.4 Å². The number of nitrogens with one attached hydrogen (secondary N) is 1. The van der Waals surface area contributed by atoms with Crippen molar-refractivity contribution >= 4 is 29.7 Å². The summed E-state index contributed by atoms with van der Waals surface area (Å²) in [6, 6.07) is 15.8. The summed E-state index contributed by atoms with van der Waals surface area (Å²) in [7, 11) is 0. The van der Waals surface area contributed by atoms with Gasteiger partial charge in [-0.05, 0) is 19.1 Å². The third-order valence-corrected chi connectivity index (χ3v) is 4.11. The van der Waals surface area contributed by atoms with E-state index >= 15 is 0 Å². The minimum Gasteiger partial charge on any atom is -0.344 e. The molecule has 5 heteroatoms. The number of hydrazine groups is 1. The topological polar surface area (TPSA) is 49.4 Å². The average molecular weight is 655 g/mol. The van der Waals surface area contributed by atoms with Crippen LogP contribution in [0.5, 0.6) is 0 Å². The largest absolute Gasteiger partial charge is 2.00 e. The number of hydrogen-bond donors (Lipinski definition) is 1. The van der Waals surface area contributed by atoms with Crippen LogP contribution >= 0.6 is 0 Å². The zero-order valence-electron chi connectivity index (χ0n) is 19.6. The van der Waals surface area contributed by atoms with Crippen LogP contribution in [0, 0.1) is 51.0 Å². The van der Waals surface area contributed by atoms with Crippen molar-refractivity contribution in [3.05, 3.63) is 95.9 Å². The standard InChI is InChI=1S/C22H19N2O2.C3H7.C2H6.U/c1-3-4-6-10-17-11-9-12-18(16(17)2)15-20-21(25)23-24(22(20)26)19-13-7-5-8-14-19;1-3-2;1-2;/h3-10,12-15H,1-2H3,(H,23,25);1,3H2,2H3;1-2H3;/q2*-1;;+2/b4-3-,10-6-,20-15-;;;. The van der Waals surface area contributed by atoms with Gasteiger partial charge in [0.15, 0.2) is 0 Å². The molecule has 0 aliphatic carbocycles. The summed E-state index contributed by atoms with van der Waals surface area (Å²) in [4.78, 5) is 25.0. The third-order valence-electron chi connectivity index (χ3n) is 4.11. The maximum Gasteiger partial charge on any atom is 2.00 e. The molecular weight excluding hydrogens is 622 g/mol. The first-order valence-electron chi connectivity index (χ1n) is 10.6. The van der Waals surface area contributed by atoms with Crippen molar-refractivity contribution in [3.63, 3.8) is 0 Å². The van der Waals surface area contributed by atoms with Gasteiger partial charge < -0.3 is 6.92 Å². The number of anilines is 1. The molecule has 32 heavy (non-hydrogen) atoms. The smallest absolute Gasteiger partial charge is 0.344 e. The Kier molecular flexibility index (Phi) is 15.1. The van der Waals surface area contributed by atoms with E-state index in [0.717, 1.165) is 23.1 Å². The fourth-order valence-electron chi connectivity index (χ4n) is 2.67. The van der Waals surface area contributed by atoms with Crippen LogP contribution in [-0.2, 0) is 9.59 Å². The SMILES string of the molecule is C/C=C\C=C/c1[c-]ccc(/C=C2/C(=O)NN(c3ccccc3)C2=O)c1C.CC.[CH2-]CC.[U+2]. The van der Waals surface area contributed by atoms with E-state index in [1.165, 1.54) is 5.01 Å². The number of nitrogens with zero attached hydrogens (tertiary/aromatic N) is 1. The van der Waals surface area contributed by atoms with E-state index in [2.05, 4.69) is 18.4 Å². The second kappa shape index (κ2) is 16.3. The first kappa shape index (κ1) is 29.7. The summed E-state index contributed by atoms with van der Waals surface area (Å²) in [6.07, 6.45) is 10.4. The van der Waals surface area contributed by atoms with Crippen LogP contribution in [-0.4, -0.2) is 11.8 Å². The van der Waals surface area contributed by atoms with Gasteiger partial charge in [0.05, 0.1) is 5.69 Å². The molecule has 1 heterocycles. The molecule has 0 bridgehead atoms. The Balaban J connectivity index is 0.00000148. The van der Waals surface area contributed by atoms with E-state index in [1.807, 2.05) is 83.2 Å². The molecule has 1 N–H and O–H groups in total. The van der Waals surface area contributed by atoms with E-state index in [0.29, 0.717) is 5.69 Å². The molecule has 2 amide bonds. The Labute approximate surface area is 216 Å². The predicted molar refractivity (Wildman–Crippen MR) is 131 cm³/mol. The quantitative estimate of drug-likeness (QED) is 0.188. The molecule has 4 nitrogen and oxygen atoms in total. The summed E-state index contributed by atoms with van der Waals surface area (Å²) < 4.78 is 0. The van der Waals surface area contributed by atoms with Gasteiger partial charge in [-0.25, -0.2) is 5.01 Å².